The molecule has 0 heterocycles. The molecule has 1 saturated carbocycles. The lowest BCUT2D eigenvalue weighted by molar-refractivity contribution is 0.322. The van der Waals surface area contributed by atoms with Gasteiger partial charge in [-0.2, -0.15) is 0 Å². The predicted octanol–water partition coefficient (Wildman–Crippen LogP) is 3.47. The molecule has 1 unspecified atom stereocenters. The molecule has 0 aromatic rings. The molecule has 0 heteroatoms. The van der Waals surface area contributed by atoms with Gasteiger partial charge in [0, 0.05) is 0 Å². The van der Waals surface area contributed by atoms with E-state index in [1.165, 1.54) is 19.3 Å². The topological polar surface area (TPSA) is 0 Å². The number of hydrogen-bond donors (Lipinski definition) is 0. The van der Waals surface area contributed by atoms with Crippen molar-refractivity contribution in [2.45, 2.75) is 47.0 Å². The van der Waals surface area contributed by atoms with Gasteiger partial charge >= 0.3 is 0 Å². The van der Waals surface area contributed by atoms with Crippen LogP contribution in [0.3, 0.4) is 0 Å². The van der Waals surface area contributed by atoms with Crippen LogP contribution in [0.2, 0.25) is 0 Å². The van der Waals surface area contributed by atoms with Crippen molar-refractivity contribution in [3.63, 3.8) is 0 Å². The molecule has 0 nitrogen and oxygen atoms in total. The Kier molecular flexibility index (Phi) is 2.07. The molecule has 0 spiro atoms. The van der Waals surface area contributed by atoms with Crippen molar-refractivity contribution in [1.82, 2.24) is 0 Å². The van der Waals surface area contributed by atoms with Crippen LogP contribution in [-0.2, 0) is 0 Å². The molecule has 1 aliphatic rings. The average molecular weight is 140 g/mol. The molecular weight excluding hydrogens is 120 g/mol. The minimum Gasteiger partial charge on any atom is -0.0625 e. The van der Waals surface area contributed by atoms with Gasteiger partial charge in [0.1, 0.15) is 0 Å². The van der Waals surface area contributed by atoms with Crippen molar-refractivity contribution < 1.29 is 0 Å². The number of rotatable bonds is 1. The first kappa shape index (κ1) is 8.10. The molecule has 0 aliphatic heterocycles. The van der Waals surface area contributed by atoms with Crippen molar-refractivity contribution in [2.24, 2.45) is 17.3 Å². The van der Waals surface area contributed by atoms with Crippen LogP contribution >= 0.6 is 0 Å². The third kappa shape index (κ3) is 1.74. The van der Waals surface area contributed by atoms with E-state index >= 15 is 0 Å². The van der Waals surface area contributed by atoms with Crippen molar-refractivity contribution >= 4 is 0 Å². The van der Waals surface area contributed by atoms with Crippen LogP contribution in [0.25, 0.3) is 0 Å². The largest absolute Gasteiger partial charge is 0.0625 e. The molecule has 0 radical (unpaired) electrons. The fraction of sp³-hybridized carbons (Fsp3) is 1.00. The number of hydrogen-bond acceptors (Lipinski definition) is 0. The molecule has 0 amide bonds. The van der Waals surface area contributed by atoms with E-state index in [4.69, 9.17) is 0 Å². The van der Waals surface area contributed by atoms with E-state index in [-0.39, 0.29) is 0 Å². The van der Waals surface area contributed by atoms with Gasteiger partial charge in [-0.15, -0.1) is 0 Å². The summed E-state index contributed by atoms with van der Waals surface area (Å²) in [6, 6.07) is 0. The van der Waals surface area contributed by atoms with Crippen LogP contribution in [-0.4, -0.2) is 0 Å². The maximum Gasteiger partial charge on any atom is -0.0351 e. The molecule has 0 bridgehead atoms. The van der Waals surface area contributed by atoms with Crippen LogP contribution in [0.1, 0.15) is 47.0 Å². The lowest BCUT2D eigenvalue weighted by atomic mass is 9.87. The molecule has 0 saturated heterocycles. The molecule has 60 valence electrons. The second-order valence-electron chi connectivity index (χ2n) is 4.91. The standard InChI is InChI=1S/C10H20/c1-8(2)9-5-6-10(3,4)7-9/h8-9H,5-7H2,1-4H3. The molecule has 10 heavy (non-hydrogen) atoms. The molecule has 0 aromatic heterocycles. The maximum atomic E-state index is 2.40. The van der Waals surface area contributed by atoms with Crippen molar-refractivity contribution in [3.8, 4) is 0 Å². The third-order valence-corrected chi connectivity index (χ3v) is 2.95. The smallest absolute Gasteiger partial charge is 0.0351 e. The highest BCUT2D eigenvalue weighted by Gasteiger charge is 2.31. The zero-order valence-electron chi connectivity index (χ0n) is 7.78. The Bertz CT molecular complexity index is 111. The highest BCUT2D eigenvalue weighted by molar-refractivity contribution is 4.83. The molecule has 0 aromatic carbocycles. The molecule has 0 N–H and O–H groups in total. The molecular formula is C10H20. The highest BCUT2D eigenvalue weighted by Crippen LogP contribution is 2.43. The monoisotopic (exact) mass is 140 g/mol. The summed E-state index contributed by atoms with van der Waals surface area (Å²) >= 11 is 0. The first-order chi connectivity index (χ1) is 4.51. The van der Waals surface area contributed by atoms with Gasteiger partial charge in [-0.25, -0.2) is 0 Å². The molecule has 1 fully saturated rings. The normalized spacial score (nSPS) is 31.5. The minimum atomic E-state index is 0.648. The van der Waals surface area contributed by atoms with Crippen LogP contribution in [0, 0.1) is 17.3 Å². The molecule has 1 atom stereocenters. The van der Waals surface area contributed by atoms with E-state index < -0.39 is 0 Å². The maximum absolute atomic E-state index is 2.40. The van der Waals surface area contributed by atoms with Gasteiger partial charge in [0.2, 0.25) is 0 Å². The highest BCUT2D eigenvalue weighted by atomic mass is 14.4. The summed E-state index contributed by atoms with van der Waals surface area (Å²) in [4.78, 5) is 0. The second-order valence-corrected chi connectivity index (χ2v) is 4.91. The summed E-state index contributed by atoms with van der Waals surface area (Å²) < 4.78 is 0. The van der Waals surface area contributed by atoms with Crippen molar-refractivity contribution in [1.29, 1.82) is 0 Å². The first-order valence-electron chi connectivity index (χ1n) is 4.51. The Morgan fingerprint density at radius 2 is 1.90 bits per heavy atom. The minimum absolute atomic E-state index is 0.648. The molecule has 1 aliphatic carbocycles. The van der Waals surface area contributed by atoms with E-state index in [0.717, 1.165) is 11.8 Å². The Balaban J connectivity index is 2.43. The van der Waals surface area contributed by atoms with E-state index in [9.17, 15) is 0 Å². The summed E-state index contributed by atoms with van der Waals surface area (Å²) in [5.41, 5.74) is 0.648. The van der Waals surface area contributed by atoms with E-state index in [2.05, 4.69) is 27.7 Å². The van der Waals surface area contributed by atoms with Gasteiger partial charge in [0.15, 0.2) is 0 Å². The first-order valence-corrected chi connectivity index (χ1v) is 4.51. The van der Waals surface area contributed by atoms with Gasteiger partial charge < -0.3 is 0 Å². The summed E-state index contributed by atoms with van der Waals surface area (Å²) in [6.45, 7) is 9.50. The van der Waals surface area contributed by atoms with Crippen molar-refractivity contribution in [2.75, 3.05) is 0 Å². The zero-order valence-corrected chi connectivity index (χ0v) is 7.78. The predicted molar refractivity (Wildman–Crippen MR) is 46.0 cm³/mol. The van der Waals surface area contributed by atoms with Crippen LogP contribution in [0.5, 0.6) is 0 Å². The third-order valence-electron chi connectivity index (χ3n) is 2.95. The SMILES string of the molecule is CC(C)C1CCC(C)(C)C1. The average Bonchev–Trinajstić information content (AvgIpc) is 2.10. The van der Waals surface area contributed by atoms with Crippen LogP contribution < -0.4 is 0 Å². The van der Waals surface area contributed by atoms with Gasteiger partial charge in [-0.3, -0.25) is 0 Å². The van der Waals surface area contributed by atoms with Crippen LogP contribution in [0.15, 0.2) is 0 Å². The summed E-state index contributed by atoms with van der Waals surface area (Å²) in [6.07, 6.45) is 4.35. The second kappa shape index (κ2) is 2.56. The summed E-state index contributed by atoms with van der Waals surface area (Å²) in [7, 11) is 0. The van der Waals surface area contributed by atoms with E-state index in [1.807, 2.05) is 0 Å². The Morgan fingerprint density at radius 1 is 1.30 bits per heavy atom. The van der Waals surface area contributed by atoms with E-state index in [1.54, 1.807) is 0 Å². The summed E-state index contributed by atoms with van der Waals surface area (Å²) in [5.74, 6) is 1.91. The fourth-order valence-electron chi connectivity index (χ4n) is 2.06. The Hall–Kier alpha value is 0. The van der Waals surface area contributed by atoms with Gasteiger partial charge in [0.25, 0.3) is 0 Å². The summed E-state index contributed by atoms with van der Waals surface area (Å²) in [5, 5.41) is 0. The van der Waals surface area contributed by atoms with Crippen molar-refractivity contribution in [3.05, 3.63) is 0 Å². The Morgan fingerprint density at radius 3 is 2.10 bits per heavy atom. The van der Waals surface area contributed by atoms with Gasteiger partial charge in [-0.1, -0.05) is 27.7 Å². The van der Waals surface area contributed by atoms with Gasteiger partial charge in [-0.05, 0) is 36.5 Å². The lowest BCUT2D eigenvalue weighted by Gasteiger charge is -2.18. The Labute approximate surface area is 65.0 Å². The van der Waals surface area contributed by atoms with E-state index in [0.29, 0.717) is 5.41 Å². The zero-order chi connectivity index (χ0) is 7.78. The van der Waals surface area contributed by atoms with Crippen LogP contribution in [0.4, 0.5) is 0 Å². The lowest BCUT2D eigenvalue weighted by Crippen LogP contribution is -2.08. The molecule has 1 rings (SSSR count). The van der Waals surface area contributed by atoms with Gasteiger partial charge in [0.05, 0.1) is 0 Å². The quantitative estimate of drug-likeness (QED) is 0.523. The fourth-order valence-corrected chi connectivity index (χ4v) is 2.06.